The number of para-hydroxylation sites is 2. The third-order valence-electron chi connectivity index (χ3n) is 4.92. The van der Waals surface area contributed by atoms with Crippen molar-refractivity contribution in [2.45, 2.75) is 24.7 Å². The van der Waals surface area contributed by atoms with Crippen molar-refractivity contribution in [3.63, 3.8) is 0 Å². The van der Waals surface area contributed by atoms with Gasteiger partial charge < -0.3 is 9.64 Å². The summed E-state index contributed by atoms with van der Waals surface area (Å²) in [7, 11) is -2.63. The highest BCUT2D eigenvalue weighted by molar-refractivity contribution is 7.93. The van der Waals surface area contributed by atoms with E-state index in [1.54, 1.807) is 24.3 Å². The Bertz CT molecular complexity index is 969. The molecular weight excluding hydrogens is 382 g/mol. The van der Waals surface area contributed by atoms with Crippen LogP contribution >= 0.6 is 0 Å². The lowest BCUT2D eigenvalue weighted by Gasteiger charge is -2.33. The first-order valence-corrected chi connectivity index (χ1v) is 10.5. The standard InChI is InChI=1S/C19H23N3O5S/c1-14-9-11-21(12-10-14)17-8-7-15(22(23)24)13-19(17)28(25,26)20-16-5-3-4-6-18(16)27-2/h3-8,13-14,20H,9-12H2,1-2H3. The molecule has 150 valence electrons. The first-order valence-electron chi connectivity index (χ1n) is 9.01. The van der Waals surface area contributed by atoms with Crippen LogP contribution in [-0.2, 0) is 10.0 Å². The molecule has 3 rings (SSSR count). The number of hydrogen-bond acceptors (Lipinski definition) is 6. The summed E-state index contributed by atoms with van der Waals surface area (Å²) in [5.41, 5.74) is 0.476. The number of anilines is 2. The summed E-state index contributed by atoms with van der Waals surface area (Å²) >= 11 is 0. The molecule has 0 atom stereocenters. The van der Waals surface area contributed by atoms with E-state index in [0.717, 1.165) is 18.9 Å². The number of ether oxygens (including phenoxy) is 1. The molecule has 2 aromatic carbocycles. The number of piperidine rings is 1. The van der Waals surface area contributed by atoms with Crippen LogP contribution in [0.3, 0.4) is 0 Å². The van der Waals surface area contributed by atoms with Gasteiger partial charge in [-0.05, 0) is 37.0 Å². The summed E-state index contributed by atoms with van der Waals surface area (Å²) in [4.78, 5) is 12.5. The molecule has 0 unspecified atom stereocenters. The first kappa shape index (κ1) is 19.9. The third kappa shape index (κ3) is 4.19. The Balaban J connectivity index is 2.04. The van der Waals surface area contributed by atoms with Gasteiger partial charge in [0.05, 0.1) is 23.4 Å². The molecule has 1 saturated heterocycles. The summed E-state index contributed by atoms with van der Waals surface area (Å²) in [6, 6.07) is 10.6. The molecule has 28 heavy (non-hydrogen) atoms. The van der Waals surface area contributed by atoms with Crippen LogP contribution in [0.5, 0.6) is 5.75 Å². The highest BCUT2D eigenvalue weighted by Crippen LogP contribution is 2.34. The number of nitro groups is 1. The zero-order valence-electron chi connectivity index (χ0n) is 15.8. The van der Waals surface area contributed by atoms with Crippen LogP contribution in [0, 0.1) is 16.0 Å². The van der Waals surface area contributed by atoms with Crippen molar-refractivity contribution in [3.8, 4) is 5.75 Å². The van der Waals surface area contributed by atoms with Gasteiger partial charge in [-0.3, -0.25) is 14.8 Å². The molecule has 8 nitrogen and oxygen atoms in total. The zero-order chi connectivity index (χ0) is 20.3. The Kier molecular flexibility index (Phi) is 5.73. The van der Waals surface area contributed by atoms with Gasteiger partial charge >= 0.3 is 0 Å². The Morgan fingerprint density at radius 2 is 1.86 bits per heavy atom. The zero-order valence-corrected chi connectivity index (χ0v) is 16.6. The van der Waals surface area contributed by atoms with Gasteiger partial charge in [-0.1, -0.05) is 19.1 Å². The minimum Gasteiger partial charge on any atom is -0.495 e. The predicted octanol–water partition coefficient (Wildman–Crippen LogP) is 3.64. The normalized spacial score (nSPS) is 15.3. The largest absolute Gasteiger partial charge is 0.495 e. The number of hydrogen-bond donors (Lipinski definition) is 1. The maximum atomic E-state index is 13.2. The van der Waals surface area contributed by atoms with Gasteiger partial charge in [-0.15, -0.1) is 0 Å². The van der Waals surface area contributed by atoms with Crippen LogP contribution < -0.4 is 14.4 Å². The molecule has 0 aromatic heterocycles. The monoisotopic (exact) mass is 405 g/mol. The molecule has 0 radical (unpaired) electrons. The number of sulfonamides is 1. The highest BCUT2D eigenvalue weighted by atomic mass is 32.2. The van der Waals surface area contributed by atoms with Crippen molar-refractivity contribution in [2.75, 3.05) is 29.8 Å². The fourth-order valence-electron chi connectivity index (χ4n) is 3.27. The average Bonchev–Trinajstić information content (AvgIpc) is 2.68. The van der Waals surface area contributed by atoms with E-state index in [-0.39, 0.29) is 16.3 Å². The summed E-state index contributed by atoms with van der Waals surface area (Å²) in [5, 5.41) is 11.2. The van der Waals surface area contributed by atoms with Gasteiger partial charge in [-0.2, -0.15) is 0 Å². The molecule has 1 N–H and O–H groups in total. The van der Waals surface area contributed by atoms with Crippen LogP contribution in [0.1, 0.15) is 19.8 Å². The van der Waals surface area contributed by atoms with E-state index in [4.69, 9.17) is 4.74 Å². The molecule has 1 heterocycles. The number of non-ortho nitro benzene ring substituents is 1. The molecule has 1 aliphatic rings. The van der Waals surface area contributed by atoms with E-state index in [0.29, 0.717) is 30.4 Å². The van der Waals surface area contributed by atoms with Gasteiger partial charge in [0.2, 0.25) is 0 Å². The fourth-order valence-corrected chi connectivity index (χ4v) is 4.59. The van der Waals surface area contributed by atoms with Crippen molar-refractivity contribution in [1.29, 1.82) is 0 Å². The SMILES string of the molecule is COc1ccccc1NS(=O)(=O)c1cc([N+](=O)[O-])ccc1N1CCC(C)CC1. The number of nitrogens with zero attached hydrogens (tertiary/aromatic N) is 2. The minimum absolute atomic E-state index is 0.109. The summed E-state index contributed by atoms with van der Waals surface area (Å²) in [5.74, 6) is 0.936. The minimum atomic E-state index is -4.07. The van der Waals surface area contributed by atoms with Crippen molar-refractivity contribution < 1.29 is 18.1 Å². The van der Waals surface area contributed by atoms with Crippen LogP contribution in [0.4, 0.5) is 17.1 Å². The molecule has 0 spiro atoms. The first-order chi connectivity index (χ1) is 13.3. The maximum Gasteiger partial charge on any atom is 0.270 e. The molecule has 0 aliphatic carbocycles. The number of nitrogens with one attached hydrogen (secondary N) is 1. The van der Waals surface area contributed by atoms with Gasteiger partial charge in [0, 0.05) is 25.2 Å². The van der Waals surface area contributed by atoms with Crippen molar-refractivity contribution in [2.24, 2.45) is 5.92 Å². The van der Waals surface area contributed by atoms with E-state index in [1.807, 2.05) is 4.90 Å². The molecular formula is C19H23N3O5S. The number of methoxy groups -OCH3 is 1. The van der Waals surface area contributed by atoms with E-state index < -0.39 is 14.9 Å². The van der Waals surface area contributed by atoms with Crippen LogP contribution in [0.15, 0.2) is 47.4 Å². The lowest BCUT2D eigenvalue weighted by molar-refractivity contribution is -0.385. The predicted molar refractivity (Wildman–Crippen MR) is 108 cm³/mol. The molecule has 2 aromatic rings. The van der Waals surface area contributed by atoms with Crippen molar-refractivity contribution >= 4 is 27.1 Å². The molecule has 1 fully saturated rings. The lowest BCUT2D eigenvalue weighted by atomic mass is 9.99. The lowest BCUT2D eigenvalue weighted by Crippen LogP contribution is -2.34. The Morgan fingerprint density at radius 1 is 1.18 bits per heavy atom. The van der Waals surface area contributed by atoms with Gasteiger partial charge in [0.15, 0.2) is 0 Å². The quantitative estimate of drug-likeness (QED) is 0.581. The number of rotatable bonds is 6. The average molecular weight is 405 g/mol. The summed E-state index contributed by atoms with van der Waals surface area (Å²) in [6.07, 6.45) is 1.88. The maximum absolute atomic E-state index is 13.2. The molecule has 0 saturated carbocycles. The van der Waals surface area contributed by atoms with Crippen molar-refractivity contribution in [3.05, 3.63) is 52.6 Å². The summed E-state index contributed by atoms with van der Waals surface area (Å²) < 4.78 is 34.0. The smallest absolute Gasteiger partial charge is 0.270 e. The van der Waals surface area contributed by atoms with E-state index in [9.17, 15) is 18.5 Å². The fraction of sp³-hybridized carbons (Fsp3) is 0.368. The molecule has 0 bridgehead atoms. The van der Waals surface area contributed by atoms with Crippen LogP contribution in [0.2, 0.25) is 0 Å². The summed E-state index contributed by atoms with van der Waals surface area (Å²) in [6.45, 7) is 3.57. The Labute approximate surface area is 164 Å². The second-order valence-corrected chi connectivity index (χ2v) is 8.54. The van der Waals surface area contributed by atoms with Gasteiger partial charge in [0.25, 0.3) is 15.7 Å². The number of nitro benzene ring substituents is 1. The molecule has 9 heteroatoms. The highest BCUT2D eigenvalue weighted by Gasteiger charge is 2.27. The third-order valence-corrected chi connectivity index (χ3v) is 6.31. The number of benzene rings is 2. The van der Waals surface area contributed by atoms with Crippen LogP contribution in [0.25, 0.3) is 0 Å². The second kappa shape index (κ2) is 8.05. The van der Waals surface area contributed by atoms with Gasteiger partial charge in [0.1, 0.15) is 10.6 Å². The Hall–Kier alpha value is -2.81. The molecule has 1 aliphatic heterocycles. The van der Waals surface area contributed by atoms with Gasteiger partial charge in [-0.25, -0.2) is 8.42 Å². The molecule has 0 amide bonds. The topological polar surface area (TPSA) is 102 Å². The second-order valence-electron chi connectivity index (χ2n) is 6.88. The van der Waals surface area contributed by atoms with Crippen LogP contribution in [-0.4, -0.2) is 33.5 Å². The van der Waals surface area contributed by atoms with E-state index in [2.05, 4.69) is 11.6 Å². The van der Waals surface area contributed by atoms with E-state index >= 15 is 0 Å². The van der Waals surface area contributed by atoms with Crippen molar-refractivity contribution in [1.82, 2.24) is 0 Å². The Morgan fingerprint density at radius 3 is 2.50 bits per heavy atom. The van der Waals surface area contributed by atoms with E-state index in [1.165, 1.54) is 19.2 Å².